The third-order valence-corrected chi connectivity index (χ3v) is 5.33. The molecule has 0 spiro atoms. The number of hydrogen-bond donors (Lipinski definition) is 2. The normalized spacial score (nSPS) is 17.8. The molecule has 1 atom stereocenters. The number of aryl methyl sites for hydroxylation is 1. The second kappa shape index (κ2) is 10.8. The molecule has 1 aromatic heterocycles. The van der Waals surface area contributed by atoms with E-state index in [9.17, 15) is 0 Å². The standard InChI is InChI=1S/C21H33N7/c1-3-20-26-25-17-28(20)14-12-22-21(23-15-18-9-6-5-7-10-18)24-16-19-11-8-13-27(19)4-2/h5-7,9-10,17,19H,3-4,8,11-16H2,1-2H3,(H2,22,23,24). The van der Waals surface area contributed by atoms with Crippen molar-refractivity contribution < 1.29 is 0 Å². The predicted octanol–water partition coefficient (Wildman–Crippen LogP) is 2.06. The Hall–Kier alpha value is -2.41. The fourth-order valence-corrected chi connectivity index (χ4v) is 3.72. The maximum absolute atomic E-state index is 4.80. The van der Waals surface area contributed by atoms with E-state index in [1.54, 1.807) is 6.33 Å². The van der Waals surface area contributed by atoms with Gasteiger partial charge in [-0.2, -0.15) is 0 Å². The van der Waals surface area contributed by atoms with E-state index in [1.807, 2.05) is 6.07 Å². The van der Waals surface area contributed by atoms with E-state index in [4.69, 9.17) is 4.99 Å². The number of hydrogen-bond acceptors (Lipinski definition) is 4. The number of nitrogens with zero attached hydrogens (tertiary/aromatic N) is 5. The lowest BCUT2D eigenvalue weighted by Gasteiger charge is -2.24. The van der Waals surface area contributed by atoms with Crippen LogP contribution in [0.1, 0.15) is 38.1 Å². The van der Waals surface area contributed by atoms with Gasteiger partial charge in [0.2, 0.25) is 0 Å². The van der Waals surface area contributed by atoms with Crippen LogP contribution in [0.25, 0.3) is 0 Å². The summed E-state index contributed by atoms with van der Waals surface area (Å²) < 4.78 is 2.09. The largest absolute Gasteiger partial charge is 0.355 e. The van der Waals surface area contributed by atoms with Gasteiger partial charge in [0, 0.05) is 32.1 Å². The van der Waals surface area contributed by atoms with E-state index < -0.39 is 0 Å². The SMILES string of the molecule is CCc1nncn1CCNC(=NCc1ccccc1)NCC1CCCN1CC. The summed E-state index contributed by atoms with van der Waals surface area (Å²) in [5.74, 6) is 1.89. The van der Waals surface area contributed by atoms with Crippen LogP contribution in [0.15, 0.2) is 41.7 Å². The van der Waals surface area contributed by atoms with Gasteiger partial charge in [0.1, 0.15) is 12.2 Å². The summed E-state index contributed by atoms with van der Waals surface area (Å²) in [5.41, 5.74) is 1.21. The van der Waals surface area contributed by atoms with Crippen molar-refractivity contribution in [3.8, 4) is 0 Å². The number of benzene rings is 1. The van der Waals surface area contributed by atoms with Gasteiger partial charge in [-0.15, -0.1) is 10.2 Å². The minimum Gasteiger partial charge on any atom is -0.355 e. The molecule has 1 aliphatic rings. The molecule has 0 amide bonds. The van der Waals surface area contributed by atoms with E-state index in [-0.39, 0.29) is 0 Å². The zero-order valence-corrected chi connectivity index (χ0v) is 17.1. The van der Waals surface area contributed by atoms with Crippen molar-refractivity contribution in [3.63, 3.8) is 0 Å². The summed E-state index contributed by atoms with van der Waals surface area (Å²) in [6, 6.07) is 11.0. The molecule has 2 aromatic rings. The number of aliphatic imine (C=N–C) groups is 1. The highest BCUT2D eigenvalue weighted by Gasteiger charge is 2.22. The van der Waals surface area contributed by atoms with Crippen LogP contribution in [-0.2, 0) is 19.5 Å². The summed E-state index contributed by atoms with van der Waals surface area (Å²) in [4.78, 5) is 7.35. The second-order valence-electron chi connectivity index (χ2n) is 7.18. The van der Waals surface area contributed by atoms with Crippen molar-refractivity contribution in [3.05, 3.63) is 48.0 Å². The van der Waals surface area contributed by atoms with Crippen molar-refractivity contribution in [1.29, 1.82) is 0 Å². The fourth-order valence-electron chi connectivity index (χ4n) is 3.72. The van der Waals surface area contributed by atoms with E-state index in [0.29, 0.717) is 12.6 Å². The molecule has 28 heavy (non-hydrogen) atoms. The molecule has 0 saturated carbocycles. The number of rotatable bonds is 9. The van der Waals surface area contributed by atoms with Gasteiger partial charge in [-0.25, -0.2) is 4.99 Å². The van der Waals surface area contributed by atoms with Gasteiger partial charge >= 0.3 is 0 Å². The molecule has 2 heterocycles. The average Bonchev–Trinajstić information content (AvgIpc) is 3.39. The molecule has 0 aliphatic carbocycles. The lowest BCUT2D eigenvalue weighted by atomic mass is 10.2. The number of nitrogens with one attached hydrogen (secondary N) is 2. The Morgan fingerprint density at radius 2 is 2.07 bits per heavy atom. The first-order valence-corrected chi connectivity index (χ1v) is 10.5. The van der Waals surface area contributed by atoms with Crippen LogP contribution in [0, 0.1) is 0 Å². The zero-order valence-electron chi connectivity index (χ0n) is 17.1. The highest BCUT2D eigenvalue weighted by molar-refractivity contribution is 5.79. The first-order valence-electron chi connectivity index (χ1n) is 10.5. The minimum atomic E-state index is 0.596. The summed E-state index contributed by atoms with van der Waals surface area (Å²) in [7, 11) is 0. The predicted molar refractivity (Wildman–Crippen MR) is 113 cm³/mol. The van der Waals surface area contributed by atoms with Gasteiger partial charge in [0.05, 0.1) is 6.54 Å². The Morgan fingerprint density at radius 1 is 1.21 bits per heavy atom. The van der Waals surface area contributed by atoms with Gasteiger partial charge in [0.15, 0.2) is 5.96 Å². The van der Waals surface area contributed by atoms with Crippen molar-refractivity contribution in [1.82, 2.24) is 30.3 Å². The van der Waals surface area contributed by atoms with Crippen LogP contribution in [-0.4, -0.2) is 57.8 Å². The molecule has 1 aliphatic heterocycles. The van der Waals surface area contributed by atoms with Gasteiger partial charge in [-0.3, -0.25) is 4.90 Å². The molecule has 1 fully saturated rings. The molecular formula is C21H33N7. The lowest BCUT2D eigenvalue weighted by Crippen LogP contribution is -2.45. The number of likely N-dealkylation sites (N-methyl/N-ethyl adjacent to an activating group) is 1. The number of likely N-dealkylation sites (tertiary alicyclic amines) is 1. The van der Waals surface area contributed by atoms with Crippen molar-refractivity contribution in [2.45, 2.75) is 52.2 Å². The number of aromatic nitrogens is 3. The molecule has 0 bridgehead atoms. The van der Waals surface area contributed by atoms with Crippen molar-refractivity contribution in [2.75, 3.05) is 26.2 Å². The summed E-state index contributed by atoms with van der Waals surface area (Å²) in [5, 5.41) is 15.2. The van der Waals surface area contributed by atoms with Crippen LogP contribution >= 0.6 is 0 Å². The highest BCUT2D eigenvalue weighted by Crippen LogP contribution is 2.15. The van der Waals surface area contributed by atoms with Crippen LogP contribution in [0.3, 0.4) is 0 Å². The Balaban J connectivity index is 1.56. The van der Waals surface area contributed by atoms with E-state index >= 15 is 0 Å². The van der Waals surface area contributed by atoms with Gasteiger partial charge in [-0.1, -0.05) is 44.2 Å². The molecule has 0 radical (unpaired) electrons. The van der Waals surface area contributed by atoms with Crippen LogP contribution in [0.4, 0.5) is 0 Å². The van der Waals surface area contributed by atoms with E-state index in [1.165, 1.54) is 24.9 Å². The summed E-state index contributed by atoms with van der Waals surface area (Å²) >= 11 is 0. The first-order chi connectivity index (χ1) is 13.8. The molecule has 1 unspecified atom stereocenters. The molecule has 3 rings (SSSR count). The Bertz CT molecular complexity index is 725. The zero-order chi connectivity index (χ0) is 19.6. The summed E-state index contributed by atoms with van der Waals surface area (Å²) in [6.45, 7) is 9.88. The van der Waals surface area contributed by atoms with Crippen molar-refractivity contribution >= 4 is 5.96 Å². The molecule has 1 aromatic carbocycles. The fraction of sp³-hybridized carbons (Fsp3) is 0.571. The smallest absolute Gasteiger partial charge is 0.191 e. The Kier molecular flexibility index (Phi) is 7.84. The number of guanidine groups is 1. The monoisotopic (exact) mass is 383 g/mol. The second-order valence-corrected chi connectivity index (χ2v) is 7.18. The minimum absolute atomic E-state index is 0.596. The van der Waals surface area contributed by atoms with Gasteiger partial charge in [0.25, 0.3) is 0 Å². The van der Waals surface area contributed by atoms with Gasteiger partial charge < -0.3 is 15.2 Å². The van der Waals surface area contributed by atoms with Gasteiger partial charge in [-0.05, 0) is 31.5 Å². The Labute approximate surface area is 168 Å². The molecule has 2 N–H and O–H groups in total. The quantitative estimate of drug-likeness (QED) is 0.512. The molecule has 7 nitrogen and oxygen atoms in total. The lowest BCUT2D eigenvalue weighted by molar-refractivity contribution is 0.267. The summed E-state index contributed by atoms with van der Waals surface area (Å²) in [6.07, 6.45) is 5.24. The molecular weight excluding hydrogens is 350 g/mol. The van der Waals surface area contributed by atoms with Crippen LogP contribution in [0.2, 0.25) is 0 Å². The van der Waals surface area contributed by atoms with Crippen LogP contribution in [0.5, 0.6) is 0 Å². The van der Waals surface area contributed by atoms with Crippen molar-refractivity contribution in [2.24, 2.45) is 4.99 Å². The molecule has 152 valence electrons. The third kappa shape index (κ3) is 5.79. The Morgan fingerprint density at radius 3 is 2.86 bits per heavy atom. The average molecular weight is 384 g/mol. The third-order valence-electron chi connectivity index (χ3n) is 5.33. The van der Waals surface area contributed by atoms with E-state index in [0.717, 1.165) is 44.4 Å². The highest BCUT2D eigenvalue weighted by atomic mass is 15.3. The topological polar surface area (TPSA) is 70.4 Å². The maximum Gasteiger partial charge on any atom is 0.191 e. The first kappa shape index (κ1) is 20.3. The molecule has 7 heteroatoms. The van der Waals surface area contributed by atoms with Crippen LogP contribution < -0.4 is 10.6 Å². The molecule has 1 saturated heterocycles. The maximum atomic E-state index is 4.80. The van der Waals surface area contributed by atoms with E-state index in [2.05, 4.69) is 68.4 Å².